The molecule has 138 valence electrons. The molecule has 4 aromatic rings. The summed E-state index contributed by atoms with van der Waals surface area (Å²) in [5.41, 5.74) is 2.48. The fourth-order valence-electron chi connectivity index (χ4n) is 3.04. The van der Waals surface area contributed by atoms with Gasteiger partial charge in [0.15, 0.2) is 0 Å². The number of aryl methyl sites for hydroxylation is 1. The molecule has 2 aromatic carbocycles. The molecule has 1 N–H and O–H groups in total. The lowest BCUT2D eigenvalue weighted by Gasteiger charge is -2.11. The minimum atomic E-state index is -0.360. The molecule has 0 unspecified atom stereocenters. The van der Waals surface area contributed by atoms with Crippen LogP contribution < -0.4 is 10.1 Å². The highest BCUT2D eigenvalue weighted by Gasteiger charge is 2.13. The fourth-order valence-corrected chi connectivity index (χ4v) is 3.04. The van der Waals surface area contributed by atoms with E-state index >= 15 is 0 Å². The maximum atomic E-state index is 13.8. The van der Waals surface area contributed by atoms with Gasteiger partial charge in [-0.3, -0.25) is 4.57 Å². The third kappa shape index (κ3) is 3.23. The lowest BCUT2D eigenvalue weighted by molar-refractivity contribution is 0.415. The zero-order valence-electron chi connectivity index (χ0n) is 15.3. The lowest BCUT2D eigenvalue weighted by Crippen LogP contribution is -2.04. The summed E-state index contributed by atoms with van der Waals surface area (Å²) in [4.78, 5) is 9.07. The first-order chi connectivity index (χ1) is 13.6. The number of imidazole rings is 1. The third-order valence-corrected chi connectivity index (χ3v) is 4.32. The van der Waals surface area contributed by atoms with Crippen molar-refractivity contribution in [2.45, 2.75) is 6.92 Å². The fraction of sp³-hybridized carbons (Fsp3) is 0.0952. The molecule has 0 atom stereocenters. The summed E-state index contributed by atoms with van der Waals surface area (Å²) >= 11 is 0. The molecule has 0 bridgehead atoms. The number of rotatable bonds is 4. The largest absolute Gasteiger partial charge is 0.497 e. The van der Waals surface area contributed by atoms with Crippen LogP contribution in [0.25, 0.3) is 16.9 Å². The molecular weight excluding hydrogens is 357 g/mol. The zero-order valence-corrected chi connectivity index (χ0v) is 15.3. The van der Waals surface area contributed by atoms with Crippen molar-refractivity contribution in [2.24, 2.45) is 0 Å². The van der Waals surface area contributed by atoms with Crippen LogP contribution in [-0.4, -0.2) is 21.6 Å². The smallest absolute Gasteiger partial charge is 0.142 e. The quantitative estimate of drug-likeness (QED) is 0.570. The van der Waals surface area contributed by atoms with E-state index in [0.717, 1.165) is 11.4 Å². The van der Waals surface area contributed by atoms with E-state index in [-0.39, 0.29) is 5.82 Å². The number of pyridine rings is 1. The van der Waals surface area contributed by atoms with Crippen LogP contribution in [0.3, 0.4) is 0 Å². The van der Waals surface area contributed by atoms with Gasteiger partial charge in [0, 0.05) is 11.8 Å². The Kier molecular flexibility index (Phi) is 4.38. The second kappa shape index (κ2) is 7.00. The third-order valence-electron chi connectivity index (χ3n) is 4.32. The number of nitriles is 1. The molecule has 6 nitrogen and oxygen atoms in total. The average Bonchev–Trinajstić information content (AvgIpc) is 3.03. The Morgan fingerprint density at radius 3 is 2.57 bits per heavy atom. The van der Waals surface area contributed by atoms with E-state index in [9.17, 15) is 9.65 Å². The number of hydrogen-bond donors (Lipinski definition) is 1. The standard InChI is InChI=1S/C21H16FN5O/c1-13-24-18-8-3-15(22)11-19(18)27(13)21-10-14(12-23)9-20(26-21)25-16-4-6-17(28-2)7-5-16/h3-11H,1-2H3,(H,25,26). The summed E-state index contributed by atoms with van der Waals surface area (Å²) in [7, 11) is 1.60. The lowest BCUT2D eigenvalue weighted by atomic mass is 10.2. The molecule has 2 aromatic heterocycles. The molecule has 0 saturated carbocycles. The molecule has 28 heavy (non-hydrogen) atoms. The summed E-state index contributed by atoms with van der Waals surface area (Å²) in [6, 6.07) is 17.2. The van der Waals surface area contributed by atoms with Crippen molar-refractivity contribution in [3.8, 4) is 17.6 Å². The minimum absolute atomic E-state index is 0.360. The molecule has 0 aliphatic rings. The summed E-state index contributed by atoms with van der Waals surface area (Å²) < 4.78 is 20.7. The van der Waals surface area contributed by atoms with Crippen LogP contribution in [0.1, 0.15) is 11.4 Å². The van der Waals surface area contributed by atoms with Gasteiger partial charge in [0.25, 0.3) is 0 Å². The van der Waals surface area contributed by atoms with E-state index in [2.05, 4.69) is 21.4 Å². The number of benzene rings is 2. The first kappa shape index (κ1) is 17.5. The van der Waals surface area contributed by atoms with Crippen LogP contribution in [0, 0.1) is 24.1 Å². The molecule has 0 radical (unpaired) electrons. The number of methoxy groups -OCH3 is 1. The van der Waals surface area contributed by atoms with Gasteiger partial charge < -0.3 is 10.1 Å². The van der Waals surface area contributed by atoms with E-state index in [0.29, 0.717) is 34.1 Å². The predicted molar refractivity (Wildman–Crippen MR) is 105 cm³/mol. The SMILES string of the molecule is COc1ccc(Nc2cc(C#N)cc(-n3c(C)nc4ccc(F)cc43)n2)cc1. The molecule has 0 amide bonds. The number of fused-ring (bicyclic) bond motifs is 1. The van der Waals surface area contributed by atoms with Crippen molar-refractivity contribution in [1.29, 1.82) is 5.26 Å². The van der Waals surface area contributed by atoms with Gasteiger partial charge in [-0.2, -0.15) is 5.26 Å². The van der Waals surface area contributed by atoms with Gasteiger partial charge in [0.05, 0.1) is 29.8 Å². The highest BCUT2D eigenvalue weighted by molar-refractivity contribution is 5.78. The molecule has 0 aliphatic heterocycles. The van der Waals surface area contributed by atoms with Crippen molar-refractivity contribution >= 4 is 22.5 Å². The molecule has 0 spiro atoms. The maximum absolute atomic E-state index is 13.8. The van der Waals surface area contributed by atoms with Crippen LogP contribution in [0.15, 0.2) is 54.6 Å². The van der Waals surface area contributed by atoms with Crippen LogP contribution in [0.4, 0.5) is 15.9 Å². The Morgan fingerprint density at radius 2 is 1.86 bits per heavy atom. The first-order valence-corrected chi connectivity index (χ1v) is 8.55. The van der Waals surface area contributed by atoms with E-state index in [1.165, 1.54) is 12.1 Å². The Balaban J connectivity index is 1.80. The topological polar surface area (TPSA) is 75.8 Å². The Labute approximate surface area is 160 Å². The summed E-state index contributed by atoms with van der Waals surface area (Å²) in [5.74, 6) is 2.02. The van der Waals surface area contributed by atoms with Crippen molar-refractivity contribution in [2.75, 3.05) is 12.4 Å². The normalized spacial score (nSPS) is 10.6. The Hall–Kier alpha value is -3.92. The predicted octanol–water partition coefficient (Wildman–Crippen LogP) is 4.49. The highest BCUT2D eigenvalue weighted by Crippen LogP contribution is 2.25. The van der Waals surface area contributed by atoms with Crippen molar-refractivity contribution in [1.82, 2.24) is 14.5 Å². The number of anilines is 2. The summed E-state index contributed by atoms with van der Waals surface area (Å²) in [6.07, 6.45) is 0. The number of halogens is 1. The molecule has 4 rings (SSSR count). The second-order valence-corrected chi connectivity index (χ2v) is 6.19. The first-order valence-electron chi connectivity index (χ1n) is 8.55. The van der Waals surface area contributed by atoms with Crippen molar-refractivity contribution in [3.05, 3.63) is 71.8 Å². The monoisotopic (exact) mass is 373 g/mol. The Morgan fingerprint density at radius 1 is 1.07 bits per heavy atom. The van der Waals surface area contributed by atoms with Crippen LogP contribution in [-0.2, 0) is 0 Å². The van der Waals surface area contributed by atoms with E-state index in [4.69, 9.17) is 4.74 Å². The van der Waals surface area contributed by atoms with Crippen LogP contribution >= 0.6 is 0 Å². The van der Waals surface area contributed by atoms with Gasteiger partial charge in [0.2, 0.25) is 0 Å². The molecular formula is C21H16FN5O. The van der Waals surface area contributed by atoms with Crippen molar-refractivity contribution < 1.29 is 9.13 Å². The highest BCUT2D eigenvalue weighted by atomic mass is 19.1. The number of nitrogens with zero attached hydrogens (tertiary/aromatic N) is 4. The number of ether oxygens (including phenoxy) is 1. The second-order valence-electron chi connectivity index (χ2n) is 6.19. The van der Waals surface area contributed by atoms with E-state index in [1.807, 2.05) is 31.2 Å². The molecule has 0 fully saturated rings. The Bertz CT molecular complexity index is 1210. The average molecular weight is 373 g/mol. The molecule has 2 heterocycles. The number of aromatic nitrogens is 3. The van der Waals surface area contributed by atoms with Gasteiger partial charge in [-0.1, -0.05) is 0 Å². The van der Waals surface area contributed by atoms with Crippen molar-refractivity contribution in [3.63, 3.8) is 0 Å². The van der Waals surface area contributed by atoms with Crippen LogP contribution in [0.5, 0.6) is 5.75 Å². The van der Waals surface area contributed by atoms with Gasteiger partial charge >= 0.3 is 0 Å². The van der Waals surface area contributed by atoms with Gasteiger partial charge in [-0.25, -0.2) is 14.4 Å². The van der Waals surface area contributed by atoms with Gasteiger partial charge in [0.1, 0.15) is 29.0 Å². The zero-order chi connectivity index (χ0) is 19.7. The molecule has 0 saturated heterocycles. The van der Waals surface area contributed by atoms with Gasteiger partial charge in [-0.05, 0) is 55.5 Å². The van der Waals surface area contributed by atoms with E-state index < -0.39 is 0 Å². The number of hydrogen-bond acceptors (Lipinski definition) is 5. The van der Waals surface area contributed by atoms with E-state index in [1.54, 1.807) is 29.9 Å². The number of nitrogens with one attached hydrogen (secondary N) is 1. The maximum Gasteiger partial charge on any atom is 0.142 e. The van der Waals surface area contributed by atoms with Gasteiger partial charge in [-0.15, -0.1) is 0 Å². The molecule has 0 aliphatic carbocycles. The summed E-state index contributed by atoms with van der Waals surface area (Å²) in [6.45, 7) is 1.81. The van der Waals surface area contributed by atoms with Crippen LogP contribution in [0.2, 0.25) is 0 Å². The minimum Gasteiger partial charge on any atom is -0.497 e. The molecule has 7 heteroatoms. The summed E-state index contributed by atoms with van der Waals surface area (Å²) in [5, 5.41) is 12.6.